The van der Waals surface area contributed by atoms with Gasteiger partial charge in [-0.25, -0.2) is 4.39 Å². The number of alkyl halides is 1. The summed E-state index contributed by atoms with van der Waals surface area (Å²) in [6.07, 6.45) is 0. The van der Waals surface area contributed by atoms with Crippen LogP contribution in [0.2, 0.25) is 13.1 Å². The van der Waals surface area contributed by atoms with Crippen molar-refractivity contribution in [2.24, 2.45) is 0 Å². The van der Waals surface area contributed by atoms with Crippen LogP contribution in [0.25, 0.3) is 0 Å². The highest BCUT2D eigenvalue weighted by atomic mass is 28.4. The number of rotatable bonds is 3. The summed E-state index contributed by atoms with van der Waals surface area (Å²) >= 11 is 0. The van der Waals surface area contributed by atoms with E-state index in [1.807, 2.05) is 0 Å². The molecule has 0 aliphatic heterocycles. The van der Waals surface area contributed by atoms with Crippen LogP contribution >= 0.6 is 0 Å². The minimum atomic E-state index is -2.05. The lowest BCUT2D eigenvalue weighted by atomic mass is 11.6. The van der Waals surface area contributed by atoms with Crippen LogP contribution in [-0.4, -0.2) is 22.5 Å². The van der Waals surface area contributed by atoms with Crippen molar-refractivity contribution in [2.45, 2.75) is 13.1 Å². The van der Waals surface area contributed by atoms with Gasteiger partial charge in [-0.3, -0.25) is 0 Å². The molecule has 0 N–H and O–H groups in total. The van der Waals surface area contributed by atoms with Gasteiger partial charge in [0, 0.05) is 7.11 Å². The smallest absolute Gasteiger partial charge is 0.333 e. The van der Waals surface area contributed by atoms with Gasteiger partial charge < -0.3 is 8.85 Å². The van der Waals surface area contributed by atoms with Crippen LogP contribution in [0.1, 0.15) is 0 Å². The molecule has 0 aromatic rings. The molecule has 0 radical (unpaired) electrons. The van der Waals surface area contributed by atoms with Gasteiger partial charge in [0.25, 0.3) is 0 Å². The summed E-state index contributed by atoms with van der Waals surface area (Å²) in [6.45, 7) is 2.83. The monoisotopic (exact) mass is 138 g/mol. The molecule has 2 nitrogen and oxygen atoms in total. The zero-order valence-corrected chi connectivity index (χ0v) is 6.40. The summed E-state index contributed by atoms with van der Waals surface area (Å²) in [7, 11) is -0.523. The van der Waals surface area contributed by atoms with Crippen LogP contribution < -0.4 is 0 Å². The highest BCUT2D eigenvalue weighted by Gasteiger charge is 2.21. The van der Waals surface area contributed by atoms with Crippen LogP contribution in [-0.2, 0) is 8.85 Å². The topological polar surface area (TPSA) is 18.5 Å². The molecule has 50 valence electrons. The van der Waals surface area contributed by atoms with Crippen molar-refractivity contribution in [3.63, 3.8) is 0 Å². The van der Waals surface area contributed by atoms with E-state index in [9.17, 15) is 4.39 Å². The molecule has 0 fully saturated rings. The van der Waals surface area contributed by atoms with Crippen molar-refractivity contribution >= 4 is 8.56 Å². The maximum absolute atomic E-state index is 11.4. The first kappa shape index (κ1) is 8.07. The zero-order chi connectivity index (χ0) is 6.62. The lowest BCUT2D eigenvalue weighted by Gasteiger charge is -2.16. The van der Waals surface area contributed by atoms with Crippen molar-refractivity contribution in [3.05, 3.63) is 0 Å². The van der Waals surface area contributed by atoms with Crippen molar-refractivity contribution in [2.75, 3.05) is 14.0 Å². The first-order chi connectivity index (χ1) is 3.62. The van der Waals surface area contributed by atoms with Crippen molar-refractivity contribution in [3.8, 4) is 0 Å². The molecule has 0 aliphatic rings. The highest BCUT2D eigenvalue weighted by molar-refractivity contribution is 6.64. The Morgan fingerprint density at radius 1 is 1.50 bits per heavy atom. The lowest BCUT2D eigenvalue weighted by molar-refractivity contribution is 0.135. The van der Waals surface area contributed by atoms with Crippen molar-refractivity contribution in [1.82, 2.24) is 0 Å². The largest absolute Gasteiger partial charge is 0.398 e. The van der Waals surface area contributed by atoms with Crippen LogP contribution in [0, 0.1) is 0 Å². The Labute approximate surface area is 49.9 Å². The highest BCUT2D eigenvalue weighted by Crippen LogP contribution is 2.02. The fraction of sp³-hybridized carbons (Fsp3) is 1.00. The molecule has 4 heteroatoms. The van der Waals surface area contributed by atoms with E-state index in [2.05, 4.69) is 4.43 Å². The summed E-state index contributed by atoms with van der Waals surface area (Å²) in [5.41, 5.74) is 0. The van der Waals surface area contributed by atoms with Gasteiger partial charge in [0.15, 0.2) is 6.86 Å². The molecule has 0 aliphatic carbocycles. The molecule has 0 heterocycles. The third kappa shape index (κ3) is 3.12. The zero-order valence-electron chi connectivity index (χ0n) is 5.40. The minimum absolute atomic E-state index is 0.743. The Hall–Kier alpha value is 0.0669. The Bertz CT molecular complexity index is 67.1. The maximum Gasteiger partial charge on any atom is 0.333 e. The van der Waals surface area contributed by atoms with Gasteiger partial charge in [-0.2, -0.15) is 0 Å². The fourth-order valence-corrected chi connectivity index (χ4v) is 0.571. The standard InChI is InChI=1S/C4H11FO2Si/c1-6-8(2,3)7-4-5/h4H2,1-3H3. The molecule has 0 spiro atoms. The Morgan fingerprint density at radius 3 is 2.12 bits per heavy atom. The molecule has 0 bridgehead atoms. The summed E-state index contributed by atoms with van der Waals surface area (Å²) in [5, 5.41) is 0. The molecule has 0 rings (SSSR count). The molecule has 0 aromatic carbocycles. The third-order valence-electron chi connectivity index (χ3n) is 0.894. The molecular weight excluding hydrogens is 127 g/mol. The number of hydrogen-bond acceptors (Lipinski definition) is 2. The van der Waals surface area contributed by atoms with E-state index < -0.39 is 15.4 Å². The second-order valence-corrected chi connectivity index (χ2v) is 5.35. The second kappa shape index (κ2) is 3.16. The minimum Gasteiger partial charge on any atom is -0.398 e. The third-order valence-corrected chi connectivity index (χ3v) is 2.68. The summed E-state index contributed by atoms with van der Waals surface area (Å²) in [6, 6.07) is 0. The summed E-state index contributed by atoms with van der Waals surface area (Å²) in [5.74, 6) is 0. The first-order valence-corrected chi connectivity index (χ1v) is 5.19. The Morgan fingerprint density at radius 2 is 2.00 bits per heavy atom. The average molecular weight is 138 g/mol. The van der Waals surface area contributed by atoms with E-state index in [0.29, 0.717) is 0 Å². The fourth-order valence-electron chi connectivity index (χ4n) is 0.190. The predicted octanol–water partition coefficient (Wildman–Crippen LogP) is 1.28. The van der Waals surface area contributed by atoms with Crippen molar-refractivity contribution < 1.29 is 13.2 Å². The van der Waals surface area contributed by atoms with Gasteiger partial charge in [-0.15, -0.1) is 0 Å². The van der Waals surface area contributed by atoms with E-state index >= 15 is 0 Å². The Kier molecular flexibility index (Phi) is 3.19. The first-order valence-electron chi connectivity index (χ1n) is 2.37. The molecule has 0 amide bonds. The molecule has 0 unspecified atom stereocenters. The van der Waals surface area contributed by atoms with Crippen LogP contribution in [0.4, 0.5) is 4.39 Å². The van der Waals surface area contributed by atoms with E-state index in [0.717, 1.165) is 0 Å². The van der Waals surface area contributed by atoms with Crippen LogP contribution in [0.3, 0.4) is 0 Å². The van der Waals surface area contributed by atoms with Gasteiger partial charge in [-0.05, 0) is 13.1 Å². The Balaban J connectivity index is 3.37. The number of hydrogen-bond donors (Lipinski definition) is 0. The average Bonchev–Trinajstić information content (AvgIpc) is 1.67. The van der Waals surface area contributed by atoms with Gasteiger partial charge >= 0.3 is 8.56 Å². The summed E-state index contributed by atoms with van der Waals surface area (Å²) in [4.78, 5) is 0. The summed E-state index contributed by atoms with van der Waals surface area (Å²) < 4.78 is 20.9. The second-order valence-electron chi connectivity index (χ2n) is 1.86. The quantitative estimate of drug-likeness (QED) is 0.547. The van der Waals surface area contributed by atoms with Gasteiger partial charge in [0.2, 0.25) is 0 Å². The molecule has 0 aromatic heterocycles. The molecule has 0 saturated heterocycles. The maximum atomic E-state index is 11.4. The van der Waals surface area contributed by atoms with E-state index in [1.165, 1.54) is 7.11 Å². The normalized spacial score (nSPS) is 12.0. The molecule has 8 heavy (non-hydrogen) atoms. The van der Waals surface area contributed by atoms with Crippen LogP contribution in [0.5, 0.6) is 0 Å². The van der Waals surface area contributed by atoms with Gasteiger partial charge in [0.1, 0.15) is 0 Å². The van der Waals surface area contributed by atoms with Gasteiger partial charge in [0.05, 0.1) is 0 Å². The van der Waals surface area contributed by atoms with E-state index in [1.54, 1.807) is 13.1 Å². The molecule has 0 atom stereocenters. The lowest BCUT2D eigenvalue weighted by Crippen LogP contribution is -2.32. The van der Waals surface area contributed by atoms with Crippen LogP contribution in [0.15, 0.2) is 0 Å². The van der Waals surface area contributed by atoms with Gasteiger partial charge in [-0.1, -0.05) is 0 Å². The van der Waals surface area contributed by atoms with Crippen molar-refractivity contribution in [1.29, 1.82) is 0 Å². The SMILES string of the molecule is CO[Si](C)(C)OCF. The van der Waals surface area contributed by atoms with E-state index in [-0.39, 0.29) is 0 Å². The number of halogens is 1. The molecular formula is C4H11FO2Si. The molecule has 0 saturated carbocycles. The predicted molar refractivity (Wildman–Crippen MR) is 31.6 cm³/mol. The van der Waals surface area contributed by atoms with E-state index in [4.69, 9.17) is 4.43 Å².